The molecule has 4 rings (SSSR count). The predicted octanol–water partition coefficient (Wildman–Crippen LogP) is 4.98. The van der Waals surface area contributed by atoms with Crippen LogP contribution in [0.3, 0.4) is 0 Å². The van der Waals surface area contributed by atoms with Gasteiger partial charge in [-0.2, -0.15) is 0 Å². The van der Waals surface area contributed by atoms with E-state index in [-0.39, 0.29) is 6.61 Å². The van der Waals surface area contributed by atoms with Crippen LogP contribution in [0.1, 0.15) is 49.0 Å². The lowest BCUT2D eigenvalue weighted by Gasteiger charge is -2.26. The number of ether oxygens (including phenoxy) is 1. The lowest BCUT2D eigenvalue weighted by Crippen LogP contribution is -2.33. The molecule has 2 heterocycles. The Kier molecular flexibility index (Phi) is 8.18. The molecule has 1 aliphatic heterocycles. The molecule has 9 nitrogen and oxygen atoms in total. The van der Waals surface area contributed by atoms with Crippen LogP contribution in [0.4, 0.5) is 0 Å². The number of hydrogen-bond acceptors (Lipinski definition) is 7. The first-order chi connectivity index (χ1) is 17.2. The van der Waals surface area contributed by atoms with Crippen molar-refractivity contribution in [1.82, 2.24) is 9.55 Å². The van der Waals surface area contributed by atoms with Gasteiger partial charge in [-0.3, -0.25) is 27.9 Å². The van der Waals surface area contributed by atoms with E-state index in [1.807, 2.05) is 60.7 Å². The van der Waals surface area contributed by atoms with E-state index in [9.17, 15) is 14.2 Å². The van der Waals surface area contributed by atoms with Crippen LogP contribution in [-0.4, -0.2) is 22.3 Å². The molecule has 0 aliphatic carbocycles. The molecule has 0 fully saturated rings. The summed E-state index contributed by atoms with van der Waals surface area (Å²) in [5.74, 6) is 0. The van der Waals surface area contributed by atoms with Crippen molar-refractivity contribution in [2.75, 3.05) is 6.61 Å². The highest BCUT2D eigenvalue weighted by atomic mass is 31.2. The van der Waals surface area contributed by atoms with E-state index >= 15 is 0 Å². The van der Waals surface area contributed by atoms with Crippen molar-refractivity contribution in [2.24, 2.45) is 0 Å². The molecule has 1 N–H and O–H groups in total. The zero-order chi connectivity index (χ0) is 25.7. The summed E-state index contributed by atoms with van der Waals surface area (Å²) in [6.45, 7) is 5.01. The zero-order valence-electron chi connectivity index (χ0n) is 20.3. The van der Waals surface area contributed by atoms with E-state index < -0.39 is 43.6 Å². The molecule has 0 bridgehead atoms. The zero-order valence-corrected chi connectivity index (χ0v) is 21.2. The summed E-state index contributed by atoms with van der Waals surface area (Å²) < 4.78 is 38.4. The van der Waals surface area contributed by atoms with Gasteiger partial charge in [-0.15, -0.1) is 0 Å². The topological polar surface area (TPSA) is 109 Å². The molecule has 36 heavy (non-hydrogen) atoms. The van der Waals surface area contributed by atoms with Crippen molar-refractivity contribution in [1.29, 1.82) is 0 Å². The molecule has 2 aromatic carbocycles. The van der Waals surface area contributed by atoms with Crippen molar-refractivity contribution in [3.8, 4) is 0 Å². The van der Waals surface area contributed by atoms with E-state index in [4.69, 9.17) is 18.3 Å². The molecule has 3 aromatic rings. The summed E-state index contributed by atoms with van der Waals surface area (Å²) in [7, 11) is -4.06. The minimum Gasteiger partial charge on any atom is -0.344 e. The van der Waals surface area contributed by atoms with Crippen LogP contribution in [0.2, 0.25) is 0 Å². The van der Waals surface area contributed by atoms with Gasteiger partial charge in [0.2, 0.25) is 0 Å². The van der Waals surface area contributed by atoms with Crippen LogP contribution in [0, 0.1) is 6.92 Å². The molecule has 190 valence electrons. The number of H-pyrrole nitrogens is 1. The van der Waals surface area contributed by atoms with Crippen LogP contribution in [0.15, 0.2) is 88.6 Å². The average Bonchev–Trinajstić information content (AvgIpc) is 3.35. The number of aromatic amines is 1. The molecule has 0 amide bonds. The Morgan fingerprint density at radius 3 is 2.06 bits per heavy atom. The minimum atomic E-state index is -4.06. The summed E-state index contributed by atoms with van der Waals surface area (Å²) in [5, 5.41) is 0. The molecule has 0 spiro atoms. The standard InChI is InChI=1S/C26H29N2O7P/c1-18-16-28(26(30)27-25(18)29)24-15-14-23(33-24)17-32-36(31,34-19(2)21-10-6-4-7-11-21)35-20(3)22-12-8-5-9-13-22/h4-16,19-20,23-24H,17H2,1-3H3,(H,27,29,30)/t19-,20-,23+,24-/m1/s1. The van der Waals surface area contributed by atoms with E-state index in [1.54, 1.807) is 32.9 Å². The highest BCUT2D eigenvalue weighted by Crippen LogP contribution is 2.56. The molecular formula is C26H29N2O7P. The third kappa shape index (κ3) is 6.37. The SMILES string of the molecule is Cc1cn([C@H]2C=C[C@@H](COP(=O)(O[C@H](C)c3ccccc3)O[C@H](C)c3ccccc3)O2)c(=O)[nH]c1=O. The van der Waals surface area contributed by atoms with E-state index in [0.29, 0.717) is 5.56 Å². The van der Waals surface area contributed by atoms with Crippen molar-refractivity contribution in [2.45, 2.75) is 45.3 Å². The lowest BCUT2D eigenvalue weighted by molar-refractivity contribution is -0.0205. The van der Waals surface area contributed by atoms with Crippen molar-refractivity contribution >= 4 is 7.82 Å². The normalized spacial score (nSPS) is 19.3. The van der Waals surface area contributed by atoms with Crippen LogP contribution in [0.25, 0.3) is 0 Å². The fourth-order valence-corrected chi connectivity index (χ4v) is 5.24. The molecule has 1 aliphatic rings. The Balaban J connectivity index is 1.47. The smallest absolute Gasteiger partial charge is 0.344 e. The van der Waals surface area contributed by atoms with Gasteiger partial charge in [-0.25, -0.2) is 9.36 Å². The van der Waals surface area contributed by atoms with Gasteiger partial charge < -0.3 is 4.74 Å². The monoisotopic (exact) mass is 512 g/mol. The third-order valence-corrected chi connectivity index (χ3v) is 7.35. The van der Waals surface area contributed by atoms with E-state index in [1.165, 1.54) is 10.8 Å². The fourth-order valence-electron chi connectivity index (χ4n) is 3.72. The number of nitrogens with zero attached hydrogens (tertiary/aromatic N) is 1. The number of hydrogen-bond donors (Lipinski definition) is 1. The van der Waals surface area contributed by atoms with Gasteiger partial charge >= 0.3 is 13.5 Å². The molecule has 10 heteroatoms. The highest BCUT2D eigenvalue weighted by Gasteiger charge is 2.35. The van der Waals surface area contributed by atoms with Crippen molar-refractivity contribution in [3.05, 3.63) is 117 Å². The molecule has 0 saturated heterocycles. The third-order valence-electron chi connectivity index (χ3n) is 5.73. The molecule has 0 radical (unpaired) electrons. The van der Waals surface area contributed by atoms with Gasteiger partial charge in [0.15, 0.2) is 6.23 Å². The summed E-state index contributed by atoms with van der Waals surface area (Å²) in [6.07, 6.45) is 2.32. The number of aromatic nitrogens is 2. The molecule has 0 saturated carbocycles. The first kappa shape index (κ1) is 26.0. The molecule has 4 atom stereocenters. The van der Waals surface area contributed by atoms with Crippen LogP contribution in [-0.2, 0) is 22.9 Å². The average molecular weight is 512 g/mol. The summed E-state index contributed by atoms with van der Waals surface area (Å²) in [6, 6.07) is 18.7. The van der Waals surface area contributed by atoms with Gasteiger partial charge in [-0.05, 0) is 38.0 Å². The van der Waals surface area contributed by atoms with Gasteiger partial charge in [0.25, 0.3) is 5.56 Å². The quantitative estimate of drug-likeness (QED) is 0.301. The summed E-state index contributed by atoms with van der Waals surface area (Å²) in [4.78, 5) is 26.1. The second-order valence-corrected chi connectivity index (χ2v) is 10.1. The maximum Gasteiger partial charge on any atom is 0.476 e. The molecular weight excluding hydrogens is 483 g/mol. The number of phosphoric ester groups is 1. The van der Waals surface area contributed by atoms with Crippen molar-refractivity contribution in [3.63, 3.8) is 0 Å². The maximum absolute atomic E-state index is 13.8. The number of nitrogens with one attached hydrogen (secondary N) is 1. The number of aryl methyl sites for hydroxylation is 1. The predicted molar refractivity (Wildman–Crippen MR) is 135 cm³/mol. The summed E-state index contributed by atoms with van der Waals surface area (Å²) >= 11 is 0. The second kappa shape index (κ2) is 11.3. The van der Waals surface area contributed by atoms with Gasteiger partial charge in [-0.1, -0.05) is 66.7 Å². The maximum atomic E-state index is 13.8. The first-order valence-electron chi connectivity index (χ1n) is 11.6. The largest absolute Gasteiger partial charge is 0.476 e. The Hall–Kier alpha value is -3.07. The molecule has 1 aromatic heterocycles. The Bertz CT molecular complexity index is 1300. The molecule has 0 unspecified atom stereocenters. The summed E-state index contributed by atoms with van der Waals surface area (Å²) in [5.41, 5.74) is 0.979. The van der Waals surface area contributed by atoms with E-state index in [2.05, 4.69) is 4.98 Å². The van der Waals surface area contributed by atoms with Crippen LogP contribution >= 0.6 is 7.82 Å². The first-order valence-corrected chi connectivity index (χ1v) is 13.1. The highest BCUT2D eigenvalue weighted by molar-refractivity contribution is 7.48. The lowest BCUT2D eigenvalue weighted by atomic mass is 10.1. The number of benzene rings is 2. The van der Waals surface area contributed by atoms with Gasteiger partial charge in [0.05, 0.1) is 18.8 Å². The Morgan fingerprint density at radius 1 is 0.944 bits per heavy atom. The van der Waals surface area contributed by atoms with Crippen molar-refractivity contribution < 1.29 is 22.9 Å². The minimum absolute atomic E-state index is 0.135. The van der Waals surface area contributed by atoms with Gasteiger partial charge in [0, 0.05) is 11.8 Å². The fraction of sp³-hybridized carbons (Fsp3) is 0.308. The Morgan fingerprint density at radius 2 is 1.50 bits per heavy atom. The van der Waals surface area contributed by atoms with Crippen LogP contribution in [0.5, 0.6) is 0 Å². The van der Waals surface area contributed by atoms with E-state index in [0.717, 1.165) is 11.1 Å². The van der Waals surface area contributed by atoms with Gasteiger partial charge in [0.1, 0.15) is 6.10 Å². The Labute approximate surface area is 208 Å². The number of rotatable bonds is 10. The number of phosphoric acid groups is 1. The van der Waals surface area contributed by atoms with Crippen LogP contribution < -0.4 is 11.2 Å². The second-order valence-electron chi connectivity index (χ2n) is 8.49.